The lowest BCUT2D eigenvalue weighted by Crippen LogP contribution is -2.04. The predicted molar refractivity (Wildman–Crippen MR) is 191 cm³/mol. The molecule has 0 bridgehead atoms. The second kappa shape index (κ2) is 15.1. The van der Waals surface area contributed by atoms with E-state index < -0.39 is 8.60 Å². The van der Waals surface area contributed by atoms with Crippen molar-refractivity contribution in [3.8, 4) is 17.2 Å². The summed E-state index contributed by atoms with van der Waals surface area (Å²) in [6.45, 7) is 6.71. The van der Waals surface area contributed by atoms with Gasteiger partial charge in [0.15, 0.2) is 0 Å². The molecule has 232 valence electrons. The molecule has 3 nitrogen and oxygen atoms in total. The molecule has 1 aliphatic carbocycles. The first kappa shape index (κ1) is 31.4. The summed E-state index contributed by atoms with van der Waals surface area (Å²) in [5, 5.41) is 0. The second-order valence-corrected chi connectivity index (χ2v) is 12.9. The van der Waals surface area contributed by atoms with Crippen LogP contribution in [0.3, 0.4) is 0 Å². The largest absolute Gasteiger partial charge is 0.530 e. The molecule has 0 amide bonds. The van der Waals surface area contributed by atoms with Gasteiger partial charge in [-0.3, -0.25) is 0 Å². The fourth-order valence-corrected chi connectivity index (χ4v) is 6.82. The maximum absolute atomic E-state index is 6.39. The third-order valence-electron chi connectivity index (χ3n) is 8.88. The molecule has 6 rings (SSSR count). The number of rotatable bonds is 12. The van der Waals surface area contributed by atoms with Crippen LogP contribution in [0.5, 0.6) is 17.2 Å². The molecule has 0 heterocycles. The Morgan fingerprint density at radius 3 is 1.20 bits per heavy atom. The van der Waals surface area contributed by atoms with Crippen LogP contribution in [0.15, 0.2) is 157 Å². The second-order valence-electron chi connectivity index (χ2n) is 11.9. The van der Waals surface area contributed by atoms with Crippen molar-refractivity contribution < 1.29 is 13.6 Å². The quantitative estimate of drug-likeness (QED) is 0.129. The normalized spacial score (nSPS) is 15.2. The van der Waals surface area contributed by atoms with Crippen LogP contribution in [-0.4, -0.2) is 0 Å². The molecular weight excluding hydrogens is 583 g/mol. The summed E-state index contributed by atoms with van der Waals surface area (Å²) in [5.41, 5.74) is 7.74. The summed E-state index contributed by atoms with van der Waals surface area (Å²) in [6.07, 6.45) is 8.85. The van der Waals surface area contributed by atoms with E-state index in [1.165, 1.54) is 33.4 Å². The first-order valence-electron chi connectivity index (χ1n) is 16.1. The zero-order chi connectivity index (χ0) is 31.7. The van der Waals surface area contributed by atoms with Crippen LogP contribution in [0.2, 0.25) is 0 Å². The molecule has 0 aromatic heterocycles. The Hall–Kier alpha value is -4.59. The third kappa shape index (κ3) is 7.97. The average Bonchev–Trinajstić information content (AvgIpc) is 3.13. The third-order valence-corrected chi connectivity index (χ3v) is 9.96. The van der Waals surface area contributed by atoms with E-state index in [0.29, 0.717) is 23.2 Å². The first-order chi connectivity index (χ1) is 22.5. The lowest BCUT2D eigenvalue weighted by molar-refractivity contribution is 0.388. The van der Waals surface area contributed by atoms with Crippen molar-refractivity contribution in [2.75, 3.05) is 0 Å². The van der Waals surface area contributed by atoms with Gasteiger partial charge in [-0.05, 0) is 77.1 Å². The Labute approximate surface area is 275 Å². The molecule has 0 saturated heterocycles. The summed E-state index contributed by atoms with van der Waals surface area (Å²) >= 11 is 0. The van der Waals surface area contributed by atoms with Gasteiger partial charge >= 0.3 is 8.60 Å². The van der Waals surface area contributed by atoms with Gasteiger partial charge < -0.3 is 13.6 Å². The van der Waals surface area contributed by atoms with Gasteiger partial charge in [-0.2, -0.15) is 0 Å². The molecule has 0 spiro atoms. The molecule has 0 N–H and O–H groups in total. The molecule has 0 fully saturated rings. The highest BCUT2D eigenvalue weighted by Crippen LogP contribution is 2.43. The monoisotopic (exact) mass is 624 g/mol. The van der Waals surface area contributed by atoms with E-state index in [1.807, 2.05) is 48.5 Å². The molecule has 3 unspecified atom stereocenters. The van der Waals surface area contributed by atoms with Gasteiger partial charge in [0.05, 0.1) is 0 Å². The van der Waals surface area contributed by atoms with Gasteiger partial charge in [0.1, 0.15) is 17.2 Å². The fraction of sp³-hybridized carbons (Fsp3) is 0.190. The summed E-state index contributed by atoms with van der Waals surface area (Å²) in [7, 11) is -1.78. The van der Waals surface area contributed by atoms with Gasteiger partial charge in [-0.25, -0.2) is 0 Å². The van der Waals surface area contributed by atoms with Gasteiger partial charge in [0, 0.05) is 17.8 Å². The van der Waals surface area contributed by atoms with Crippen molar-refractivity contribution in [3.05, 3.63) is 185 Å². The number of allylic oxidation sites excluding steroid dienone is 4. The molecule has 1 aliphatic rings. The van der Waals surface area contributed by atoms with Crippen LogP contribution in [0.25, 0.3) is 0 Å². The van der Waals surface area contributed by atoms with Crippen molar-refractivity contribution in [1.29, 1.82) is 0 Å². The fourth-order valence-electron chi connectivity index (χ4n) is 5.83. The lowest BCUT2D eigenvalue weighted by Gasteiger charge is -2.20. The molecule has 46 heavy (non-hydrogen) atoms. The van der Waals surface area contributed by atoms with Crippen molar-refractivity contribution in [2.45, 2.75) is 51.4 Å². The maximum Gasteiger partial charge on any atom is 0.530 e. The Kier molecular flexibility index (Phi) is 10.3. The topological polar surface area (TPSA) is 27.7 Å². The van der Waals surface area contributed by atoms with Gasteiger partial charge in [-0.1, -0.05) is 142 Å². The van der Waals surface area contributed by atoms with E-state index in [0.717, 1.165) is 12.8 Å². The van der Waals surface area contributed by atoms with Crippen LogP contribution >= 0.6 is 8.60 Å². The first-order valence-corrected chi connectivity index (χ1v) is 17.2. The molecule has 5 aromatic rings. The molecular formula is C42H41O3P. The van der Waals surface area contributed by atoms with Crippen molar-refractivity contribution in [2.24, 2.45) is 0 Å². The van der Waals surface area contributed by atoms with Crippen molar-refractivity contribution in [1.82, 2.24) is 0 Å². The molecule has 0 aliphatic heterocycles. The lowest BCUT2D eigenvalue weighted by atomic mass is 9.88. The van der Waals surface area contributed by atoms with Gasteiger partial charge in [0.25, 0.3) is 0 Å². The Morgan fingerprint density at radius 1 is 0.457 bits per heavy atom. The van der Waals surface area contributed by atoms with Crippen LogP contribution in [0.1, 0.15) is 79.2 Å². The van der Waals surface area contributed by atoms with Crippen LogP contribution in [-0.2, 0) is 0 Å². The average molecular weight is 625 g/mol. The van der Waals surface area contributed by atoms with Gasteiger partial charge in [-0.15, -0.1) is 0 Å². The van der Waals surface area contributed by atoms with E-state index in [2.05, 4.69) is 124 Å². The zero-order valence-corrected chi connectivity index (χ0v) is 27.6. The molecule has 3 atom stereocenters. The Bertz CT molecular complexity index is 1640. The van der Waals surface area contributed by atoms with Gasteiger partial charge in [0.2, 0.25) is 0 Å². The van der Waals surface area contributed by atoms with Crippen LogP contribution < -0.4 is 13.6 Å². The summed E-state index contributed by atoms with van der Waals surface area (Å²) in [4.78, 5) is 0. The number of benzene rings is 5. The van der Waals surface area contributed by atoms with Crippen molar-refractivity contribution >= 4 is 8.60 Å². The standard InChI is InChI=1S/C42H41O3P/c1-31(34-13-7-4-8-14-34)37-19-25-40(26-20-37)43-46(44-41-27-21-38(22-28-41)32(2)35-15-9-5-10-16-35)45-42-29-23-39(24-30-42)33(3)36-17-11-6-12-18-36/h4-11,13-17,19-33H,12,18H2,1-3H3. The number of hydrogen-bond donors (Lipinski definition) is 0. The predicted octanol–water partition coefficient (Wildman–Crippen LogP) is 12.1. The highest BCUT2D eigenvalue weighted by atomic mass is 31.2. The van der Waals surface area contributed by atoms with E-state index in [-0.39, 0.29) is 11.8 Å². The van der Waals surface area contributed by atoms with E-state index in [1.54, 1.807) is 0 Å². The molecule has 0 saturated carbocycles. The van der Waals surface area contributed by atoms with Crippen LogP contribution in [0.4, 0.5) is 0 Å². The minimum atomic E-state index is -1.78. The SMILES string of the molecule is CC(C1=CC=CCC1)c1ccc(OP(Oc2ccc(C(C)c3ccccc3)cc2)Oc2ccc(C(C)c3ccccc3)cc2)cc1. The minimum Gasteiger partial charge on any atom is -0.409 e. The minimum absolute atomic E-state index is 0.280. The highest BCUT2D eigenvalue weighted by molar-refractivity contribution is 7.43. The Morgan fingerprint density at radius 2 is 0.826 bits per heavy atom. The summed E-state index contributed by atoms with van der Waals surface area (Å²) in [5.74, 6) is 3.04. The molecule has 0 radical (unpaired) electrons. The van der Waals surface area contributed by atoms with E-state index >= 15 is 0 Å². The molecule has 4 heteroatoms. The number of hydrogen-bond acceptors (Lipinski definition) is 3. The summed E-state index contributed by atoms with van der Waals surface area (Å²) < 4.78 is 19.2. The zero-order valence-electron chi connectivity index (χ0n) is 26.8. The highest BCUT2D eigenvalue weighted by Gasteiger charge is 2.21. The summed E-state index contributed by atoms with van der Waals surface area (Å²) in [6, 6.07) is 45.9. The van der Waals surface area contributed by atoms with Crippen LogP contribution in [0, 0.1) is 0 Å². The van der Waals surface area contributed by atoms with E-state index in [9.17, 15) is 0 Å². The molecule has 5 aromatic carbocycles. The Balaban J connectivity index is 1.19. The smallest absolute Gasteiger partial charge is 0.409 e. The van der Waals surface area contributed by atoms with Crippen molar-refractivity contribution in [3.63, 3.8) is 0 Å². The maximum atomic E-state index is 6.39. The van der Waals surface area contributed by atoms with E-state index in [4.69, 9.17) is 13.6 Å².